The molecule has 0 radical (unpaired) electrons. The van der Waals surface area contributed by atoms with Crippen LogP contribution in [-0.4, -0.2) is 25.2 Å². The Hall–Kier alpha value is -0.670. The largest absolute Gasteiger partial charge is 0.496 e. The van der Waals surface area contributed by atoms with Crippen molar-refractivity contribution in [2.24, 2.45) is 0 Å². The fraction of sp³-hybridized carbons (Fsp3) is 0.600. The van der Waals surface area contributed by atoms with Gasteiger partial charge in [0.2, 0.25) is 0 Å². The van der Waals surface area contributed by atoms with Crippen molar-refractivity contribution in [2.45, 2.75) is 33.7 Å². The van der Waals surface area contributed by atoms with Crippen LogP contribution in [0.1, 0.15) is 36.6 Å². The molecule has 0 fully saturated rings. The number of thioether (sulfide) groups is 1. The fourth-order valence-electron chi connectivity index (χ4n) is 2.15. The first-order valence-electron chi connectivity index (χ1n) is 6.60. The topological polar surface area (TPSA) is 21.3 Å². The van der Waals surface area contributed by atoms with Crippen molar-refractivity contribution in [2.75, 3.05) is 25.2 Å². The molecule has 1 N–H and O–H groups in total. The quantitative estimate of drug-likeness (QED) is 0.813. The Morgan fingerprint density at radius 1 is 1.22 bits per heavy atom. The molecule has 0 heterocycles. The average molecular weight is 267 g/mol. The summed E-state index contributed by atoms with van der Waals surface area (Å²) in [7, 11) is 1.73. The highest BCUT2D eigenvalue weighted by Crippen LogP contribution is 2.28. The Kier molecular flexibility index (Phi) is 6.58. The summed E-state index contributed by atoms with van der Waals surface area (Å²) < 4.78 is 5.38. The van der Waals surface area contributed by atoms with Crippen LogP contribution in [0.25, 0.3) is 0 Å². The highest BCUT2D eigenvalue weighted by atomic mass is 32.2. The molecule has 0 spiro atoms. The lowest BCUT2D eigenvalue weighted by atomic mass is 9.99. The predicted molar refractivity (Wildman–Crippen MR) is 81.9 cm³/mol. The summed E-state index contributed by atoms with van der Waals surface area (Å²) in [5, 5.41) is 3.58. The highest BCUT2D eigenvalue weighted by molar-refractivity contribution is 7.99. The number of benzene rings is 1. The third-order valence-corrected chi connectivity index (χ3v) is 4.08. The van der Waals surface area contributed by atoms with E-state index < -0.39 is 0 Å². The van der Waals surface area contributed by atoms with Gasteiger partial charge >= 0.3 is 0 Å². The van der Waals surface area contributed by atoms with E-state index in [2.05, 4.69) is 45.1 Å². The van der Waals surface area contributed by atoms with Crippen molar-refractivity contribution in [1.82, 2.24) is 5.32 Å². The van der Waals surface area contributed by atoms with Gasteiger partial charge in [-0.15, -0.1) is 0 Å². The highest BCUT2D eigenvalue weighted by Gasteiger charge is 2.14. The Morgan fingerprint density at radius 3 is 2.50 bits per heavy atom. The molecule has 18 heavy (non-hydrogen) atoms. The van der Waals surface area contributed by atoms with E-state index in [1.807, 2.05) is 11.8 Å². The van der Waals surface area contributed by atoms with Gasteiger partial charge in [0.05, 0.1) is 7.11 Å². The molecule has 0 aliphatic rings. The molecule has 0 bridgehead atoms. The van der Waals surface area contributed by atoms with Gasteiger partial charge in [0.15, 0.2) is 0 Å². The molecule has 1 atom stereocenters. The van der Waals surface area contributed by atoms with Crippen molar-refractivity contribution in [3.63, 3.8) is 0 Å². The molecule has 0 saturated carbocycles. The van der Waals surface area contributed by atoms with Crippen LogP contribution in [0, 0.1) is 13.8 Å². The molecule has 1 aromatic rings. The molecule has 1 unspecified atom stereocenters. The van der Waals surface area contributed by atoms with Gasteiger partial charge in [-0.2, -0.15) is 11.8 Å². The minimum Gasteiger partial charge on any atom is -0.496 e. The van der Waals surface area contributed by atoms with E-state index in [9.17, 15) is 0 Å². The number of nitrogens with one attached hydrogen (secondary N) is 1. The number of methoxy groups -OCH3 is 1. The van der Waals surface area contributed by atoms with Crippen molar-refractivity contribution >= 4 is 11.8 Å². The number of hydrogen-bond donors (Lipinski definition) is 1. The Morgan fingerprint density at radius 2 is 1.94 bits per heavy atom. The maximum absolute atomic E-state index is 5.38. The molecule has 1 rings (SSSR count). The SMILES string of the molecule is CCNC(CSCC)c1cc(C)c(OC)cc1C. The first kappa shape index (κ1) is 15.4. The maximum Gasteiger partial charge on any atom is 0.122 e. The van der Waals surface area contributed by atoms with Crippen LogP contribution in [0.5, 0.6) is 5.75 Å². The predicted octanol–water partition coefficient (Wildman–Crippen LogP) is 3.72. The van der Waals surface area contributed by atoms with Gasteiger partial charge in [0.25, 0.3) is 0 Å². The smallest absolute Gasteiger partial charge is 0.122 e. The van der Waals surface area contributed by atoms with E-state index in [1.54, 1.807) is 7.11 Å². The van der Waals surface area contributed by atoms with Crippen molar-refractivity contribution < 1.29 is 4.74 Å². The second-order valence-corrected chi connectivity index (χ2v) is 5.77. The fourth-order valence-corrected chi connectivity index (χ4v) is 2.92. The third-order valence-electron chi connectivity index (χ3n) is 3.10. The van der Waals surface area contributed by atoms with Crippen molar-refractivity contribution in [1.29, 1.82) is 0 Å². The number of ether oxygens (including phenoxy) is 1. The molecule has 0 aromatic heterocycles. The van der Waals surface area contributed by atoms with E-state index >= 15 is 0 Å². The van der Waals surface area contributed by atoms with Crippen molar-refractivity contribution in [3.05, 3.63) is 28.8 Å². The molecule has 0 aliphatic heterocycles. The van der Waals surface area contributed by atoms with Gasteiger partial charge in [-0.25, -0.2) is 0 Å². The third kappa shape index (κ3) is 3.92. The lowest BCUT2D eigenvalue weighted by molar-refractivity contribution is 0.411. The summed E-state index contributed by atoms with van der Waals surface area (Å²) in [6.45, 7) is 9.64. The van der Waals surface area contributed by atoms with E-state index in [4.69, 9.17) is 4.74 Å². The molecule has 2 nitrogen and oxygen atoms in total. The Bertz CT molecular complexity index is 379. The molecule has 1 aromatic carbocycles. The van der Waals surface area contributed by atoms with E-state index in [0.29, 0.717) is 6.04 Å². The Balaban J connectivity index is 2.99. The first-order chi connectivity index (χ1) is 8.63. The summed E-state index contributed by atoms with van der Waals surface area (Å²) in [6.07, 6.45) is 0. The van der Waals surface area contributed by atoms with Gasteiger partial charge in [0, 0.05) is 11.8 Å². The maximum atomic E-state index is 5.38. The molecule has 0 saturated heterocycles. The summed E-state index contributed by atoms with van der Waals surface area (Å²) >= 11 is 1.98. The second kappa shape index (κ2) is 7.70. The monoisotopic (exact) mass is 267 g/mol. The van der Waals surface area contributed by atoms with Gasteiger partial charge < -0.3 is 10.1 Å². The average Bonchev–Trinajstić information content (AvgIpc) is 2.37. The minimum atomic E-state index is 0.435. The Labute approximate surface area is 116 Å². The summed E-state index contributed by atoms with van der Waals surface area (Å²) in [5.41, 5.74) is 3.92. The van der Waals surface area contributed by atoms with Gasteiger partial charge in [0.1, 0.15) is 5.75 Å². The van der Waals surface area contributed by atoms with Crippen LogP contribution in [0.2, 0.25) is 0 Å². The van der Waals surface area contributed by atoms with Crippen LogP contribution in [0.4, 0.5) is 0 Å². The molecule has 0 amide bonds. The number of aryl methyl sites for hydroxylation is 2. The van der Waals surface area contributed by atoms with Gasteiger partial charge in [-0.05, 0) is 48.9 Å². The summed E-state index contributed by atoms with van der Waals surface area (Å²) in [5.74, 6) is 3.27. The molecular weight excluding hydrogens is 242 g/mol. The molecule has 0 aliphatic carbocycles. The van der Waals surface area contributed by atoms with Crippen LogP contribution >= 0.6 is 11.8 Å². The van der Waals surface area contributed by atoms with E-state index in [1.165, 1.54) is 16.7 Å². The molecule has 102 valence electrons. The molecular formula is C15H25NOS. The normalized spacial score (nSPS) is 12.5. The van der Waals surface area contributed by atoms with Crippen LogP contribution in [0.15, 0.2) is 12.1 Å². The van der Waals surface area contributed by atoms with Crippen LogP contribution < -0.4 is 10.1 Å². The zero-order chi connectivity index (χ0) is 13.5. The lowest BCUT2D eigenvalue weighted by Crippen LogP contribution is -2.24. The minimum absolute atomic E-state index is 0.435. The van der Waals surface area contributed by atoms with Crippen molar-refractivity contribution in [3.8, 4) is 5.75 Å². The standard InChI is InChI=1S/C15H25NOS/c1-6-16-14(10-18-7-2)13-8-12(4)15(17-5)9-11(13)3/h8-9,14,16H,6-7,10H2,1-5H3. The van der Waals surface area contributed by atoms with Gasteiger partial charge in [-0.1, -0.05) is 19.9 Å². The number of rotatable bonds is 7. The lowest BCUT2D eigenvalue weighted by Gasteiger charge is -2.21. The molecule has 3 heteroatoms. The number of hydrogen-bond acceptors (Lipinski definition) is 3. The summed E-state index contributed by atoms with van der Waals surface area (Å²) in [6, 6.07) is 4.84. The van der Waals surface area contributed by atoms with Gasteiger partial charge in [-0.3, -0.25) is 0 Å². The summed E-state index contributed by atoms with van der Waals surface area (Å²) in [4.78, 5) is 0. The van der Waals surface area contributed by atoms with Crippen LogP contribution in [0.3, 0.4) is 0 Å². The zero-order valence-electron chi connectivity index (χ0n) is 12.2. The second-order valence-electron chi connectivity index (χ2n) is 4.45. The van der Waals surface area contributed by atoms with E-state index in [-0.39, 0.29) is 0 Å². The van der Waals surface area contributed by atoms with Crippen LogP contribution in [-0.2, 0) is 0 Å². The zero-order valence-corrected chi connectivity index (χ0v) is 13.0. The first-order valence-corrected chi connectivity index (χ1v) is 7.75. The van der Waals surface area contributed by atoms with E-state index in [0.717, 1.165) is 23.8 Å².